The van der Waals surface area contributed by atoms with Crippen LogP contribution in [-0.4, -0.2) is 54.2 Å². The molecule has 2 aromatic heterocycles. The minimum atomic E-state index is -0.000633. The van der Waals surface area contributed by atoms with Gasteiger partial charge in [-0.05, 0) is 48.6 Å². The van der Waals surface area contributed by atoms with E-state index in [0.717, 1.165) is 18.5 Å². The number of aromatic amines is 1. The first kappa shape index (κ1) is 17.8. The number of fused-ring (bicyclic) bond motifs is 2. The molecule has 1 aromatic carbocycles. The summed E-state index contributed by atoms with van der Waals surface area (Å²) in [7, 11) is 1.57. The summed E-state index contributed by atoms with van der Waals surface area (Å²) in [5, 5.41) is 1.17. The second kappa shape index (κ2) is 7.31. The van der Waals surface area contributed by atoms with Crippen molar-refractivity contribution in [2.24, 2.45) is 0 Å². The Morgan fingerprint density at radius 1 is 1.24 bits per heavy atom. The number of H-pyrrole nitrogens is 1. The number of carbonyl (C=O) groups is 1. The third-order valence-corrected chi connectivity index (χ3v) is 5.78. The topological polar surface area (TPSA) is 76.7 Å². The Bertz CT molecular complexity index is 1040. The second-order valence-corrected chi connectivity index (χ2v) is 7.41. The number of amides is 1. The fourth-order valence-corrected chi connectivity index (χ4v) is 4.29. The molecule has 0 aliphatic carbocycles. The molecular weight excluding hydrogens is 370 g/mol. The first-order valence-corrected chi connectivity index (χ1v) is 9.93. The number of hydrogen-bond donors (Lipinski definition) is 1. The Morgan fingerprint density at radius 3 is 2.90 bits per heavy atom. The molecule has 4 heterocycles. The number of hydrogen-bond acceptors (Lipinski definition) is 5. The Labute approximate surface area is 168 Å². The number of piperidine rings is 1. The van der Waals surface area contributed by atoms with E-state index in [2.05, 4.69) is 22.2 Å². The van der Waals surface area contributed by atoms with Gasteiger partial charge in [0.15, 0.2) is 11.5 Å². The van der Waals surface area contributed by atoms with Crippen LogP contribution < -0.4 is 14.2 Å². The van der Waals surface area contributed by atoms with Gasteiger partial charge in [0.1, 0.15) is 18.9 Å². The van der Waals surface area contributed by atoms with Crippen molar-refractivity contribution < 1.29 is 19.0 Å². The minimum absolute atomic E-state index is 0.000633. The van der Waals surface area contributed by atoms with Crippen LogP contribution in [0.3, 0.4) is 0 Å². The van der Waals surface area contributed by atoms with E-state index in [-0.39, 0.29) is 5.91 Å². The number of nitrogens with one attached hydrogen (secondary N) is 1. The van der Waals surface area contributed by atoms with E-state index < -0.39 is 0 Å². The lowest BCUT2D eigenvalue weighted by atomic mass is 9.89. The minimum Gasteiger partial charge on any atom is -0.493 e. The molecule has 0 atom stereocenters. The molecule has 3 aromatic rings. The molecule has 0 bridgehead atoms. The maximum absolute atomic E-state index is 13.1. The summed E-state index contributed by atoms with van der Waals surface area (Å²) in [5.74, 6) is 2.10. The molecular formula is C22H23N3O4. The largest absolute Gasteiger partial charge is 0.493 e. The van der Waals surface area contributed by atoms with Crippen LogP contribution in [0.1, 0.15) is 34.7 Å². The first-order valence-electron chi connectivity index (χ1n) is 9.93. The van der Waals surface area contributed by atoms with E-state index in [4.69, 9.17) is 14.2 Å². The summed E-state index contributed by atoms with van der Waals surface area (Å²) >= 11 is 0. The molecule has 1 saturated heterocycles. The lowest BCUT2D eigenvalue weighted by Gasteiger charge is -2.32. The number of aromatic nitrogens is 2. The molecule has 1 amide bonds. The van der Waals surface area contributed by atoms with Crippen molar-refractivity contribution in [3.8, 4) is 17.2 Å². The van der Waals surface area contributed by atoms with Gasteiger partial charge in [-0.25, -0.2) is 4.98 Å². The van der Waals surface area contributed by atoms with Crippen LogP contribution in [0, 0.1) is 0 Å². The van der Waals surface area contributed by atoms with E-state index >= 15 is 0 Å². The van der Waals surface area contributed by atoms with Gasteiger partial charge < -0.3 is 24.1 Å². The Morgan fingerprint density at radius 2 is 2.07 bits per heavy atom. The van der Waals surface area contributed by atoms with Gasteiger partial charge in [0.2, 0.25) is 5.75 Å². The molecule has 2 aliphatic rings. The third-order valence-electron chi connectivity index (χ3n) is 5.78. The van der Waals surface area contributed by atoms with Crippen molar-refractivity contribution in [3.63, 3.8) is 0 Å². The predicted octanol–water partition coefficient (Wildman–Crippen LogP) is 3.36. The second-order valence-electron chi connectivity index (χ2n) is 7.41. The van der Waals surface area contributed by atoms with Crippen molar-refractivity contribution in [2.45, 2.75) is 18.8 Å². The molecule has 0 unspecified atom stereocenters. The number of carbonyl (C=O) groups excluding carboxylic acids is 1. The lowest BCUT2D eigenvalue weighted by Crippen LogP contribution is -2.38. The van der Waals surface area contributed by atoms with E-state index in [0.29, 0.717) is 55.0 Å². The van der Waals surface area contributed by atoms with Gasteiger partial charge in [0.05, 0.1) is 7.11 Å². The van der Waals surface area contributed by atoms with Gasteiger partial charge in [-0.3, -0.25) is 4.79 Å². The van der Waals surface area contributed by atoms with Crippen LogP contribution in [0.4, 0.5) is 0 Å². The fraction of sp³-hybridized carbons (Fsp3) is 0.364. The molecule has 0 spiro atoms. The number of ether oxygens (including phenoxy) is 3. The summed E-state index contributed by atoms with van der Waals surface area (Å²) in [6.07, 6.45) is 5.71. The number of nitrogens with zero attached hydrogens (tertiary/aromatic N) is 2. The quantitative estimate of drug-likeness (QED) is 0.738. The monoisotopic (exact) mass is 393 g/mol. The number of likely N-dealkylation sites (tertiary alicyclic amines) is 1. The highest BCUT2D eigenvalue weighted by Gasteiger charge is 2.28. The van der Waals surface area contributed by atoms with E-state index in [1.165, 1.54) is 10.9 Å². The zero-order chi connectivity index (χ0) is 19.8. The van der Waals surface area contributed by atoms with Crippen molar-refractivity contribution in [1.82, 2.24) is 14.9 Å². The lowest BCUT2D eigenvalue weighted by molar-refractivity contribution is 0.0711. The maximum atomic E-state index is 13.1. The van der Waals surface area contributed by atoms with Gasteiger partial charge in [-0.2, -0.15) is 0 Å². The third kappa shape index (κ3) is 3.16. The van der Waals surface area contributed by atoms with Crippen LogP contribution in [0.25, 0.3) is 11.0 Å². The van der Waals surface area contributed by atoms with Crippen molar-refractivity contribution in [2.75, 3.05) is 33.4 Å². The highest BCUT2D eigenvalue weighted by Crippen LogP contribution is 2.41. The summed E-state index contributed by atoms with van der Waals surface area (Å²) in [4.78, 5) is 22.7. The number of benzene rings is 1. The summed E-state index contributed by atoms with van der Waals surface area (Å²) in [6.45, 7) is 2.38. The van der Waals surface area contributed by atoms with Crippen LogP contribution in [0.2, 0.25) is 0 Å². The standard InChI is InChI=1S/C22H23N3O4/c1-27-18-11-15(12-19-20(18)29-10-9-28-19)22(26)25-7-4-14(5-8-25)17-13-24-21-16(17)3-2-6-23-21/h2-3,6,11-14H,4-5,7-10H2,1H3,(H,23,24). The zero-order valence-corrected chi connectivity index (χ0v) is 16.3. The highest BCUT2D eigenvalue weighted by atomic mass is 16.6. The number of rotatable bonds is 3. The van der Waals surface area contributed by atoms with Crippen LogP contribution in [0.15, 0.2) is 36.7 Å². The van der Waals surface area contributed by atoms with Gasteiger partial charge in [-0.15, -0.1) is 0 Å². The Balaban J connectivity index is 1.33. The summed E-state index contributed by atoms with van der Waals surface area (Å²) in [6, 6.07) is 7.57. The van der Waals surface area contributed by atoms with E-state index in [9.17, 15) is 4.79 Å². The molecule has 150 valence electrons. The Kier molecular flexibility index (Phi) is 4.50. The average molecular weight is 393 g/mol. The maximum Gasteiger partial charge on any atom is 0.254 e. The van der Waals surface area contributed by atoms with Crippen molar-refractivity contribution >= 4 is 16.9 Å². The Hall–Kier alpha value is -3.22. The zero-order valence-electron chi connectivity index (χ0n) is 16.3. The number of pyridine rings is 1. The summed E-state index contributed by atoms with van der Waals surface area (Å²) < 4.78 is 16.7. The van der Waals surface area contributed by atoms with E-state index in [1.807, 2.05) is 11.0 Å². The first-order chi connectivity index (χ1) is 14.2. The average Bonchev–Trinajstić information content (AvgIpc) is 3.22. The normalized spacial score (nSPS) is 16.8. The van der Waals surface area contributed by atoms with Gasteiger partial charge in [0.25, 0.3) is 5.91 Å². The fourth-order valence-electron chi connectivity index (χ4n) is 4.29. The predicted molar refractivity (Wildman–Crippen MR) is 108 cm³/mol. The molecule has 7 nitrogen and oxygen atoms in total. The van der Waals surface area contributed by atoms with Gasteiger partial charge in [-0.1, -0.05) is 0 Å². The number of methoxy groups -OCH3 is 1. The highest BCUT2D eigenvalue weighted by molar-refractivity contribution is 5.95. The molecule has 29 heavy (non-hydrogen) atoms. The van der Waals surface area contributed by atoms with E-state index in [1.54, 1.807) is 25.4 Å². The molecule has 5 rings (SSSR count). The molecule has 0 radical (unpaired) electrons. The van der Waals surface area contributed by atoms with Gasteiger partial charge in [0, 0.05) is 36.4 Å². The van der Waals surface area contributed by atoms with Crippen LogP contribution >= 0.6 is 0 Å². The van der Waals surface area contributed by atoms with Gasteiger partial charge >= 0.3 is 0 Å². The van der Waals surface area contributed by atoms with Crippen LogP contribution in [0.5, 0.6) is 17.2 Å². The molecule has 2 aliphatic heterocycles. The molecule has 0 saturated carbocycles. The molecule has 7 heteroatoms. The van der Waals surface area contributed by atoms with Crippen molar-refractivity contribution in [3.05, 3.63) is 47.8 Å². The SMILES string of the molecule is COc1cc(C(=O)N2CCC(c3c[nH]c4ncccc34)CC2)cc2c1OCCO2. The molecule has 1 fully saturated rings. The summed E-state index contributed by atoms with van der Waals surface area (Å²) in [5.41, 5.74) is 2.78. The smallest absolute Gasteiger partial charge is 0.254 e. The van der Waals surface area contributed by atoms with Crippen molar-refractivity contribution in [1.29, 1.82) is 0 Å². The molecule has 1 N–H and O–H groups in total. The van der Waals surface area contributed by atoms with Crippen LogP contribution in [-0.2, 0) is 0 Å².